The summed E-state index contributed by atoms with van der Waals surface area (Å²) in [5.41, 5.74) is 0. The molecule has 0 saturated carbocycles. The lowest BCUT2D eigenvalue weighted by molar-refractivity contribution is 0.00215. The van der Waals surface area contributed by atoms with Crippen LogP contribution in [-0.4, -0.2) is 25.9 Å². The molecule has 0 fully saturated rings. The lowest BCUT2D eigenvalue weighted by atomic mass is 10.4. The molecule has 0 amide bonds. The molecule has 0 N–H and O–H groups in total. The van der Waals surface area contributed by atoms with Gasteiger partial charge in [0.2, 0.25) is 0 Å². The normalized spacial score (nSPS) is 9.00. The molecule has 1 unspecified atom stereocenters. The van der Waals surface area contributed by atoms with E-state index >= 15 is 0 Å². The smallest absolute Gasteiger partial charge is 0.0780 e. The first kappa shape index (κ1) is 25.9. The molecule has 2 nitrogen and oxygen atoms in total. The summed E-state index contributed by atoms with van der Waals surface area (Å²) < 4.78 is 10.3. The van der Waals surface area contributed by atoms with Crippen molar-refractivity contribution in [3.8, 4) is 0 Å². The molecule has 0 rings (SSSR count). The average molecular weight is 258 g/mol. The fraction of sp³-hybridized carbons (Fsp3) is 0.625. The molecule has 2 heteroatoms. The van der Waals surface area contributed by atoms with Crippen molar-refractivity contribution >= 4 is 0 Å². The van der Waals surface area contributed by atoms with Crippen LogP contribution in [0.5, 0.6) is 0 Å². The average Bonchev–Trinajstić information content (AvgIpc) is 2.30. The van der Waals surface area contributed by atoms with Crippen molar-refractivity contribution in [3.05, 3.63) is 38.0 Å². The topological polar surface area (TPSA) is 18.5 Å². The lowest BCUT2D eigenvalue weighted by Gasteiger charge is -2.09. The summed E-state index contributed by atoms with van der Waals surface area (Å²) in [7, 11) is 0. The second-order valence-corrected chi connectivity index (χ2v) is 3.15. The minimum absolute atomic E-state index is 0.245. The van der Waals surface area contributed by atoms with Gasteiger partial charge in [0.15, 0.2) is 0 Å². The van der Waals surface area contributed by atoms with E-state index in [1.165, 1.54) is 0 Å². The van der Waals surface area contributed by atoms with Gasteiger partial charge < -0.3 is 9.47 Å². The van der Waals surface area contributed by atoms with Gasteiger partial charge in [-0.3, -0.25) is 0 Å². The Morgan fingerprint density at radius 1 is 0.889 bits per heavy atom. The summed E-state index contributed by atoms with van der Waals surface area (Å²) in [6.07, 6.45) is 5.50. The highest BCUT2D eigenvalue weighted by Crippen LogP contribution is 1.90. The van der Waals surface area contributed by atoms with E-state index in [-0.39, 0.29) is 6.10 Å². The maximum Gasteiger partial charge on any atom is 0.0780 e. The van der Waals surface area contributed by atoms with Crippen molar-refractivity contribution < 1.29 is 9.47 Å². The Bertz CT molecular complexity index is 128. The van der Waals surface area contributed by atoms with Crippen molar-refractivity contribution in [1.29, 1.82) is 0 Å². The van der Waals surface area contributed by atoms with E-state index in [1.54, 1.807) is 18.2 Å². The quantitative estimate of drug-likeness (QED) is 0.644. The minimum atomic E-state index is 0.245. The molecule has 0 bridgehead atoms. The Hall–Kier alpha value is -0.860. The summed E-state index contributed by atoms with van der Waals surface area (Å²) in [5.74, 6) is 0. The van der Waals surface area contributed by atoms with Gasteiger partial charge in [-0.2, -0.15) is 0 Å². The minimum Gasteiger partial charge on any atom is -0.379 e. The van der Waals surface area contributed by atoms with Crippen LogP contribution >= 0.6 is 0 Å². The molecular weight excluding hydrogens is 224 g/mol. The predicted octanol–water partition coefficient (Wildman–Crippen LogP) is 5.02. The van der Waals surface area contributed by atoms with E-state index in [2.05, 4.69) is 19.7 Å². The fourth-order valence-corrected chi connectivity index (χ4v) is 0.616. The van der Waals surface area contributed by atoms with E-state index in [9.17, 15) is 0 Å². The molecule has 0 aromatic heterocycles. The van der Waals surface area contributed by atoms with E-state index in [4.69, 9.17) is 9.47 Å². The molecule has 110 valence electrons. The Morgan fingerprint density at radius 3 is 1.44 bits per heavy atom. The zero-order valence-corrected chi connectivity index (χ0v) is 13.4. The molecule has 0 saturated heterocycles. The van der Waals surface area contributed by atoms with Gasteiger partial charge in [-0.15, -0.1) is 19.7 Å². The van der Waals surface area contributed by atoms with Crippen LogP contribution in [0, 0.1) is 0 Å². The largest absolute Gasteiger partial charge is 0.379 e. The summed E-state index contributed by atoms with van der Waals surface area (Å²) in [5, 5.41) is 0. The van der Waals surface area contributed by atoms with Crippen LogP contribution in [0.4, 0.5) is 0 Å². The monoisotopic (exact) mass is 258 g/mol. The van der Waals surface area contributed by atoms with Gasteiger partial charge in [-0.1, -0.05) is 18.2 Å². The molecular formula is C16H34O2. The van der Waals surface area contributed by atoms with E-state index < -0.39 is 0 Å². The maximum absolute atomic E-state index is 5.22. The molecule has 0 aliphatic heterocycles. The molecule has 0 aliphatic rings. The first-order valence-corrected chi connectivity index (χ1v) is 6.46. The number of hydrogen-bond donors (Lipinski definition) is 0. The number of allylic oxidation sites excluding steroid dienone is 3. The van der Waals surface area contributed by atoms with Crippen LogP contribution in [0.1, 0.15) is 41.5 Å². The van der Waals surface area contributed by atoms with Crippen LogP contribution in [0.3, 0.4) is 0 Å². The Morgan fingerprint density at radius 2 is 1.22 bits per heavy atom. The highest BCUT2D eigenvalue weighted by atomic mass is 16.5. The number of hydrogen-bond acceptors (Lipinski definition) is 2. The summed E-state index contributed by atoms with van der Waals surface area (Å²) in [6, 6.07) is 0. The Labute approximate surface area is 115 Å². The molecule has 0 radical (unpaired) electrons. The van der Waals surface area contributed by atoms with Crippen molar-refractivity contribution in [2.24, 2.45) is 0 Å². The van der Waals surface area contributed by atoms with Crippen molar-refractivity contribution in [1.82, 2.24) is 0 Å². The third-order valence-corrected chi connectivity index (χ3v) is 1.01. The zero-order chi connectivity index (χ0) is 15.2. The number of rotatable bonds is 5. The zero-order valence-electron chi connectivity index (χ0n) is 13.4. The van der Waals surface area contributed by atoms with Gasteiger partial charge in [0.1, 0.15) is 0 Å². The van der Waals surface area contributed by atoms with Gasteiger partial charge in [0, 0.05) is 13.2 Å². The molecule has 0 aliphatic carbocycles. The van der Waals surface area contributed by atoms with Gasteiger partial charge in [-0.05, 0) is 41.5 Å². The molecule has 0 heterocycles. The van der Waals surface area contributed by atoms with Crippen LogP contribution in [0.15, 0.2) is 38.0 Å². The van der Waals surface area contributed by atoms with Crippen molar-refractivity contribution in [2.45, 2.75) is 47.6 Å². The Balaban J connectivity index is -0.0000000902. The predicted molar refractivity (Wildman–Crippen MR) is 85.2 cm³/mol. The fourth-order valence-electron chi connectivity index (χ4n) is 0.616. The standard InChI is InChI=1S/C7H16O2.3C3H6/c1-4-8-6-7(3)9-5-2;3*1-3-2/h7H,4-6H2,1-3H3;3*3H,1H2,2H3. The highest BCUT2D eigenvalue weighted by Gasteiger charge is 1.97. The van der Waals surface area contributed by atoms with Crippen molar-refractivity contribution in [2.75, 3.05) is 19.8 Å². The van der Waals surface area contributed by atoms with E-state index in [0.717, 1.165) is 13.2 Å². The molecule has 0 aromatic rings. The van der Waals surface area contributed by atoms with Crippen LogP contribution < -0.4 is 0 Å². The van der Waals surface area contributed by atoms with Crippen molar-refractivity contribution in [3.63, 3.8) is 0 Å². The first-order valence-electron chi connectivity index (χ1n) is 6.46. The van der Waals surface area contributed by atoms with E-state index in [1.807, 2.05) is 41.5 Å². The second kappa shape index (κ2) is 36.0. The maximum atomic E-state index is 5.22. The van der Waals surface area contributed by atoms with Crippen LogP contribution in [0.2, 0.25) is 0 Å². The molecule has 1 atom stereocenters. The van der Waals surface area contributed by atoms with Gasteiger partial charge in [0.05, 0.1) is 12.7 Å². The first-order chi connectivity index (χ1) is 8.55. The van der Waals surface area contributed by atoms with Crippen LogP contribution in [0.25, 0.3) is 0 Å². The molecule has 18 heavy (non-hydrogen) atoms. The molecule has 0 spiro atoms. The summed E-state index contributed by atoms with van der Waals surface area (Å²) >= 11 is 0. The lowest BCUT2D eigenvalue weighted by Crippen LogP contribution is -2.15. The van der Waals surface area contributed by atoms with Gasteiger partial charge in [-0.25, -0.2) is 0 Å². The summed E-state index contributed by atoms with van der Waals surface area (Å²) in [4.78, 5) is 0. The molecule has 0 aromatic carbocycles. The van der Waals surface area contributed by atoms with E-state index in [0.29, 0.717) is 6.61 Å². The second-order valence-electron chi connectivity index (χ2n) is 3.15. The third kappa shape index (κ3) is 80.3. The number of ether oxygens (including phenoxy) is 2. The third-order valence-electron chi connectivity index (χ3n) is 1.01. The summed E-state index contributed by atoms with van der Waals surface area (Å²) in [6.45, 7) is 24.0. The van der Waals surface area contributed by atoms with Gasteiger partial charge in [0.25, 0.3) is 0 Å². The van der Waals surface area contributed by atoms with Gasteiger partial charge >= 0.3 is 0 Å². The Kier molecular flexibility index (Phi) is 51.7. The SMILES string of the molecule is C=CC.C=CC.C=CC.CCOCC(C)OCC. The highest BCUT2D eigenvalue weighted by molar-refractivity contribution is 4.52. The van der Waals surface area contributed by atoms with Crippen LogP contribution in [-0.2, 0) is 9.47 Å².